The third kappa shape index (κ3) is 0.920. The van der Waals surface area contributed by atoms with E-state index < -0.39 is 0 Å². The van der Waals surface area contributed by atoms with Gasteiger partial charge in [0.15, 0.2) is 0 Å². The Morgan fingerprint density at radius 1 is 1.78 bits per heavy atom. The van der Waals surface area contributed by atoms with Crippen LogP contribution in [0.3, 0.4) is 0 Å². The van der Waals surface area contributed by atoms with Gasteiger partial charge in [-0.3, -0.25) is 4.79 Å². The van der Waals surface area contributed by atoms with Crippen LogP contribution < -0.4 is 10.6 Å². The molecule has 0 bridgehead atoms. The third-order valence-electron chi connectivity index (χ3n) is 1.87. The van der Waals surface area contributed by atoms with Crippen molar-refractivity contribution < 1.29 is 4.79 Å². The number of rotatable bonds is 1. The van der Waals surface area contributed by atoms with Crippen molar-refractivity contribution in [3.8, 4) is 0 Å². The maximum atomic E-state index is 10.9. The third-order valence-corrected chi connectivity index (χ3v) is 1.87. The van der Waals surface area contributed by atoms with Gasteiger partial charge in [0.2, 0.25) is 5.91 Å². The van der Waals surface area contributed by atoms with E-state index in [1.807, 2.05) is 6.92 Å². The first kappa shape index (κ1) is 6.55. The quantitative estimate of drug-likeness (QED) is 0.499. The Labute approximate surface area is 54.8 Å². The van der Waals surface area contributed by atoms with Gasteiger partial charge in [0.05, 0.1) is 5.54 Å². The summed E-state index contributed by atoms with van der Waals surface area (Å²) in [6, 6.07) is 0. The minimum Gasteiger partial charge on any atom is -0.358 e. The van der Waals surface area contributed by atoms with Crippen LogP contribution in [0.2, 0.25) is 0 Å². The maximum absolute atomic E-state index is 10.9. The molecule has 3 heteroatoms. The minimum absolute atomic E-state index is 0.0914. The molecule has 1 atom stereocenters. The highest BCUT2D eigenvalue weighted by Crippen LogP contribution is 2.16. The van der Waals surface area contributed by atoms with Gasteiger partial charge in [-0.2, -0.15) is 0 Å². The van der Waals surface area contributed by atoms with E-state index in [2.05, 4.69) is 10.6 Å². The molecule has 1 fully saturated rings. The van der Waals surface area contributed by atoms with Crippen LogP contribution in [0.4, 0.5) is 0 Å². The second-order valence-corrected chi connectivity index (χ2v) is 2.59. The molecule has 1 unspecified atom stereocenters. The lowest BCUT2D eigenvalue weighted by Crippen LogP contribution is -2.63. The van der Waals surface area contributed by atoms with Gasteiger partial charge in [0.1, 0.15) is 0 Å². The smallest absolute Gasteiger partial charge is 0.239 e. The predicted octanol–water partition coefficient (Wildman–Crippen LogP) is -0.516. The Bertz CT molecular complexity index is 129. The number of carbonyl (C=O) groups excluding carboxylic acids is 1. The zero-order valence-corrected chi connectivity index (χ0v) is 5.82. The van der Waals surface area contributed by atoms with Crippen LogP contribution in [0, 0.1) is 0 Å². The topological polar surface area (TPSA) is 41.1 Å². The Morgan fingerprint density at radius 3 is 2.44 bits per heavy atom. The lowest BCUT2D eigenvalue weighted by atomic mass is 9.89. The van der Waals surface area contributed by atoms with Crippen LogP contribution in [0.1, 0.15) is 13.3 Å². The molecule has 0 aliphatic carbocycles. The summed E-state index contributed by atoms with van der Waals surface area (Å²) >= 11 is 0. The molecule has 1 aliphatic heterocycles. The SMILES string of the molecule is CNC(=O)C1(C)CCN1. The number of likely N-dealkylation sites (N-methyl/N-ethyl adjacent to an activating group) is 1. The molecule has 1 saturated heterocycles. The summed E-state index contributed by atoms with van der Waals surface area (Å²) in [6.07, 6.45) is 0.951. The number of hydrogen-bond donors (Lipinski definition) is 2. The molecule has 0 saturated carbocycles. The first-order chi connectivity index (χ1) is 4.19. The van der Waals surface area contributed by atoms with E-state index in [-0.39, 0.29) is 11.4 Å². The van der Waals surface area contributed by atoms with Gasteiger partial charge < -0.3 is 10.6 Å². The summed E-state index contributed by atoms with van der Waals surface area (Å²) in [4.78, 5) is 10.9. The molecule has 52 valence electrons. The second-order valence-electron chi connectivity index (χ2n) is 2.59. The molecule has 0 spiro atoms. The average Bonchev–Trinajstić information content (AvgIpc) is 1.81. The summed E-state index contributed by atoms with van der Waals surface area (Å²) < 4.78 is 0. The second kappa shape index (κ2) is 1.99. The standard InChI is InChI=1S/C6H12N2O/c1-6(3-4-8-6)5(9)7-2/h8H,3-4H2,1-2H3,(H,7,9). The monoisotopic (exact) mass is 128 g/mol. The molecular formula is C6H12N2O. The minimum atomic E-state index is -0.269. The van der Waals surface area contributed by atoms with Crippen molar-refractivity contribution in [3.63, 3.8) is 0 Å². The summed E-state index contributed by atoms with van der Waals surface area (Å²) in [7, 11) is 1.66. The van der Waals surface area contributed by atoms with Gasteiger partial charge in [0.25, 0.3) is 0 Å². The largest absolute Gasteiger partial charge is 0.358 e. The van der Waals surface area contributed by atoms with E-state index in [1.54, 1.807) is 7.05 Å². The van der Waals surface area contributed by atoms with Crippen molar-refractivity contribution >= 4 is 5.91 Å². The molecule has 0 aromatic rings. The Hall–Kier alpha value is -0.570. The highest BCUT2D eigenvalue weighted by molar-refractivity contribution is 5.86. The first-order valence-corrected chi connectivity index (χ1v) is 3.16. The van der Waals surface area contributed by atoms with Crippen molar-refractivity contribution in [1.82, 2.24) is 10.6 Å². The summed E-state index contributed by atoms with van der Waals surface area (Å²) in [5.41, 5.74) is -0.269. The molecule has 1 rings (SSSR count). The van der Waals surface area contributed by atoms with Gasteiger partial charge in [-0.1, -0.05) is 0 Å². The summed E-state index contributed by atoms with van der Waals surface area (Å²) in [5.74, 6) is 0.0914. The zero-order valence-electron chi connectivity index (χ0n) is 5.82. The fourth-order valence-electron chi connectivity index (χ4n) is 0.970. The zero-order chi connectivity index (χ0) is 6.91. The van der Waals surface area contributed by atoms with Gasteiger partial charge >= 0.3 is 0 Å². The maximum Gasteiger partial charge on any atom is 0.239 e. The summed E-state index contributed by atoms with van der Waals surface area (Å²) in [6.45, 7) is 2.87. The first-order valence-electron chi connectivity index (χ1n) is 3.16. The van der Waals surface area contributed by atoms with Crippen molar-refractivity contribution in [2.24, 2.45) is 0 Å². The molecule has 9 heavy (non-hydrogen) atoms. The van der Waals surface area contributed by atoms with E-state index in [0.29, 0.717) is 0 Å². The van der Waals surface area contributed by atoms with E-state index >= 15 is 0 Å². The van der Waals surface area contributed by atoms with Gasteiger partial charge in [-0.15, -0.1) is 0 Å². The van der Waals surface area contributed by atoms with Crippen LogP contribution >= 0.6 is 0 Å². The lowest BCUT2D eigenvalue weighted by molar-refractivity contribution is -0.129. The van der Waals surface area contributed by atoms with Crippen LogP contribution in [-0.2, 0) is 4.79 Å². The van der Waals surface area contributed by atoms with Crippen molar-refractivity contribution in [2.75, 3.05) is 13.6 Å². The summed E-state index contributed by atoms with van der Waals surface area (Å²) in [5, 5.41) is 5.67. The van der Waals surface area contributed by atoms with Crippen LogP contribution in [-0.4, -0.2) is 25.0 Å². The van der Waals surface area contributed by atoms with Crippen LogP contribution in [0.5, 0.6) is 0 Å². The predicted molar refractivity (Wildman–Crippen MR) is 35.1 cm³/mol. The van der Waals surface area contributed by atoms with E-state index in [0.717, 1.165) is 13.0 Å². The molecule has 1 aliphatic rings. The molecule has 0 radical (unpaired) electrons. The van der Waals surface area contributed by atoms with Crippen molar-refractivity contribution in [1.29, 1.82) is 0 Å². The van der Waals surface area contributed by atoms with Gasteiger partial charge in [-0.25, -0.2) is 0 Å². The number of hydrogen-bond acceptors (Lipinski definition) is 2. The molecule has 1 heterocycles. The number of nitrogens with one attached hydrogen (secondary N) is 2. The van der Waals surface area contributed by atoms with Gasteiger partial charge in [-0.05, 0) is 19.9 Å². The van der Waals surface area contributed by atoms with Crippen LogP contribution in [0.25, 0.3) is 0 Å². The van der Waals surface area contributed by atoms with Crippen molar-refractivity contribution in [3.05, 3.63) is 0 Å². The fraction of sp³-hybridized carbons (Fsp3) is 0.833. The molecule has 3 nitrogen and oxygen atoms in total. The Kier molecular flexibility index (Phi) is 1.45. The normalized spacial score (nSPS) is 33.1. The number of carbonyl (C=O) groups is 1. The Balaban J connectivity index is 2.49. The van der Waals surface area contributed by atoms with Gasteiger partial charge in [0, 0.05) is 7.05 Å². The highest BCUT2D eigenvalue weighted by atomic mass is 16.2. The fourth-order valence-corrected chi connectivity index (χ4v) is 0.970. The molecule has 0 aromatic heterocycles. The van der Waals surface area contributed by atoms with Crippen molar-refractivity contribution in [2.45, 2.75) is 18.9 Å². The molecule has 1 amide bonds. The highest BCUT2D eigenvalue weighted by Gasteiger charge is 2.37. The van der Waals surface area contributed by atoms with E-state index in [1.165, 1.54) is 0 Å². The Morgan fingerprint density at radius 2 is 2.33 bits per heavy atom. The van der Waals surface area contributed by atoms with Crippen LogP contribution in [0.15, 0.2) is 0 Å². The molecule has 2 N–H and O–H groups in total. The molecule has 0 aromatic carbocycles. The lowest BCUT2D eigenvalue weighted by Gasteiger charge is -2.37. The van der Waals surface area contributed by atoms with E-state index in [9.17, 15) is 4.79 Å². The molecular weight excluding hydrogens is 116 g/mol. The average molecular weight is 128 g/mol. The number of amides is 1. The van der Waals surface area contributed by atoms with E-state index in [4.69, 9.17) is 0 Å².